The lowest BCUT2D eigenvalue weighted by Crippen LogP contribution is -2.04. The summed E-state index contributed by atoms with van der Waals surface area (Å²) in [7, 11) is 1.60. The first-order chi connectivity index (χ1) is 14.3. The van der Waals surface area contributed by atoms with Crippen LogP contribution in [0.4, 0.5) is 11.5 Å². The molecule has 5 rings (SSSR count). The lowest BCUT2D eigenvalue weighted by Gasteiger charge is -2.07. The standard InChI is InChI=1S/C20H16N8O/c1-29-16-8-15(9-21-10-16)24-18-11-23-19-20(25-18)28(27-26-19)12-13-4-5-17-14(7-13)3-2-6-22-17/h2-11H,12H2,1H3,(H,24,25). The molecular weight excluding hydrogens is 368 g/mol. The van der Waals surface area contributed by atoms with Crippen LogP contribution in [0.1, 0.15) is 5.56 Å². The van der Waals surface area contributed by atoms with Gasteiger partial charge in [0.15, 0.2) is 11.5 Å². The molecule has 0 spiro atoms. The largest absolute Gasteiger partial charge is 0.495 e. The van der Waals surface area contributed by atoms with Crippen LogP contribution in [0, 0.1) is 0 Å². The molecule has 5 aromatic rings. The van der Waals surface area contributed by atoms with E-state index >= 15 is 0 Å². The third-order valence-electron chi connectivity index (χ3n) is 4.45. The second-order valence-electron chi connectivity index (χ2n) is 6.42. The van der Waals surface area contributed by atoms with Gasteiger partial charge in [0.05, 0.1) is 43.4 Å². The number of ether oxygens (including phenoxy) is 1. The second kappa shape index (κ2) is 7.12. The first kappa shape index (κ1) is 17.0. The SMILES string of the molecule is COc1cncc(Nc2cnc3nnn(Cc4ccc5ncccc5c4)c3n2)c1. The molecule has 4 aromatic heterocycles. The number of nitrogens with zero attached hydrogens (tertiary/aromatic N) is 7. The van der Waals surface area contributed by atoms with Gasteiger partial charge in [-0.3, -0.25) is 9.97 Å². The van der Waals surface area contributed by atoms with Gasteiger partial charge in [-0.15, -0.1) is 5.10 Å². The molecule has 4 heterocycles. The Morgan fingerprint density at radius 1 is 1.07 bits per heavy atom. The molecule has 29 heavy (non-hydrogen) atoms. The highest BCUT2D eigenvalue weighted by Gasteiger charge is 2.10. The molecule has 0 bridgehead atoms. The van der Waals surface area contributed by atoms with Crippen LogP contribution in [0.2, 0.25) is 0 Å². The zero-order valence-electron chi connectivity index (χ0n) is 15.5. The first-order valence-electron chi connectivity index (χ1n) is 8.94. The lowest BCUT2D eigenvalue weighted by molar-refractivity contribution is 0.413. The summed E-state index contributed by atoms with van der Waals surface area (Å²) in [6.07, 6.45) is 6.72. The molecule has 142 valence electrons. The Bertz CT molecular complexity index is 1320. The summed E-state index contributed by atoms with van der Waals surface area (Å²) in [6, 6.07) is 11.9. The van der Waals surface area contributed by atoms with Crippen molar-refractivity contribution in [3.8, 4) is 5.75 Å². The Balaban J connectivity index is 1.45. The van der Waals surface area contributed by atoms with Gasteiger partial charge in [0, 0.05) is 17.6 Å². The molecule has 0 saturated heterocycles. The van der Waals surface area contributed by atoms with Crippen molar-refractivity contribution in [3.63, 3.8) is 0 Å². The van der Waals surface area contributed by atoms with E-state index in [1.54, 1.807) is 36.6 Å². The number of hydrogen-bond acceptors (Lipinski definition) is 8. The van der Waals surface area contributed by atoms with Crippen LogP contribution in [0.5, 0.6) is 5.75 Å². The number of benzene rings is 1. The van der Waals surface area contributed by atoms with Crippen LogP contribution < -0.4 is 10.1 Å². The maximum atomic E-state index is 5.20. The normalized spacial score (nSPS) is 11.1. The molecule has 0 aliphatic heterocycles. The minimum Gasteiger partial charge on any atom is -0.495 e. The number of hydrogen-bond donors (Lipinski definition) is 1. The van der Waals surface area contributed by atoms with Gasteiger partial charge in [0.2, 0.25) is 5.65 Å². The van der Waals surface area contributed by atoms with Gasteiger partial charge in [-0.2, -0.15) is 0 Å². The average Bonchev–Trinajstić information content (AvgIpc) is 3.16. The molecule has 0 unspecified atom stereocenters. The van der Waals surface area contributed by atoms with E-state index in [1.807, 2.05) is 30.3 Å². The smallest absolute Gasteiger partial charge is 0.221 e. The molecule has 1 N–H and O–H groups in total. The van der Waals surface area contributed by atoms with Gasteiger partial charge < -0.3 is 10.1 Å². The summed E-state index contributed by atoms with van der Waals surface area (Å²) in [4.78, 5) is 17.5. The fourth-order valence-corrected chi connectivity index (χ4v) is 3.07. The molecule has 0 radical (unpaired) electrons. The van der Waals surface area contributed by atoms with E-state index in [9.17, 15) is 0 Å². The topological polar surface area (TPSA) is 104 Å². The monoisotopic (exact) mass is 384 g/mol. The summed E-state index contributed by atoms with van der Waals surface area (Å²) < 4.78 is 6.93. The predicted molar refractivity (Wildman–Crippen MR) is 108 cm³/mol. The van der Waals surface area contributed by atoms with E-state index in [0.29, 0.717) is 29.4 Å². The van der Waals surface area contributed by atoms with Crippen LogP contribution >= 0.6 is 0 Å². The van der Waals surface area contributed by atoms with E-state index in [1.165, 1.54) is 0 Å². The van der Waals surface area contributed by atoms with Crippen molar-refractivity contribution in [1.82, 2.24) is 34.9 Å². The number of fused-ring (bicyclic) bond motifs is 2. The Morgan fingerprint density at radius 3 is 2.97 bits per heavy atom. The van der Waals surface area contributed by atoms with Crippen molar-refractivity contribution in [1.29, 1.82) is 0 Å². The molecule has 0 aliphatic rings. The van der Waals surface area contributed by atoms with E-state index in [-0.39, 0.29) is 0 Å². The van der Waals surface area contributed by atoms with Crippen molar-refractivity contribution in [2.75, 3.05) is 12.4 Å². The van der Waals surface area contributed by atoms with Gasteiger partial charge in [-0.25, -0.2) is 14.6 Å². The molecule has 9 heteroatoms. The number of nitrogens with one attached hydrogen (secondary N) is 1. The molecule has 9 nitrogen and oxygen atoms in total. The summed E-state index contributed by atoms with van der Waals surface area (Å²) in [6.45, 7) is 0.528. The van der Waals surface area contributed by atoms with Crippen molar-refractivity contribution in [2.24, 2.45) is 0 Å². The molecule has 1 aromatic carbocycles. The minimum atomic E-state index is 0.488. The zero-order valence-corrected chi connectivity index (χ0v) is 15.5. The quantitative estimate of drug-likeness (QED) is 0.493. The first-order valence-corrected chi connectivity index (χ1v) is 8.94. The van der Waals surface area contributed by atoms with Gasteiger partial charge in [-0.05, 0) is 23.8 Å². The summed E-state index contributed by atoms with van der Waals surface area (Å²) in [5.74, 6) is 1.22. The average molecular weight is 384 g/mol. The van der Waals surface area contributed by atoms with Crippen LogP contribution in [-0.2, 0) is 6.54 Å². The number of anilines is 2. The van der Waals surface area contributed by atoms with E-state index < -0.39 is 0 Å². The van der Waals surface area contributed by atoms with Crippen molar-refractivity contribution in [2.45, 2.75) is 6.54 Å². The number of pyridine rings is 2. The van der Waals surface area contributed by atoms with E-state index in [0.717, 1.165) is 22.2 Å². The second-order valence-corrected chi connectivity index (χ2v) is 6.42. The van der Waals surface area contributed by atoms with Gasteiger partial charge in [0.1, 0.15) is 5.75 Å². The summed E-state index contributed by atoms with van der Waals surface area (Å²) in [5, 5.41) is 12.6. The van der Waals surface area contributed by atoms with E-state index in [2.05, 4.69) is 41.6 Å². The maximum absolute atomic E-state index is 5.20. The molecule has 0 amide bonds. The van der Waals surface area contributed by atoms with Crippen molar-refractivity contribution >= 4 is 33.7 Å². The van der Waals surface area contributed by atoms with Crippen LogP contribution in [0.3, 0.4) is 0 Å². The zero-order chi connectivity index (χ0) is 19.6. The number of aromatic nitrogens is 7. The Labute approximate surface area is 165 Å². The highest BCUT2D eigenvalue weighted by Crippen LogP contribution is 2.20. The van der Waals surface area contributed by atoms with Crippen molar-refractivity contribution in [3.05, 3.63) is 66.7 Å². The van der Waals surface area contributed by atoms with E-state index in [4.69, 9.17) is 4.74 Å². The lowest BCUT2D eigenvalue weighted by atomic mass is 10.1. The van der Waals surface area contributed by atoms with Crippen LogP contribution in [0.25, 0.3) is 22.2 Å². The highest BCUT2D eigenvalue weighted by molar-refractivity contribution is 5.79. The number of methoxy groups -OCH3 is 1. The van der Waals surface area contributed by atoms with Gasteiger partial charge in [0.25, 0.3) is 0 Å². The third-order valence-corrected chi connectivity index (χ3v) is 4.45. The van der Waals surface area contributed by atoms with Crippen LogP contribution in [0.15, 0.2) is 61.2 Å². The summed E-state index contributed by atoms with van der Waals surface area (Å²) >= 11 is 0. The van der Waals surface area contributed by atoms with Crippen LogP contribution in [-0.4, -0.2) is 42.0 Å². The fourth-order valence-electron chi connectivity index (χ4n) is 3.07. The molecule has 0 fully saturated rings. The molecule has 0 atom stereocenters. The Morgan fingerprint density at radius 2 is 2.03 bits per heavy atom. The number of rotatable bonds is 5. The maximum Gasteiger partial charge on any atom is 0.221 e. The third kappa shape index (κ3) is 3.41. The Kier molecular flexibility index (Phi) is 4.17. The molecule has 0 saturated carbocycles. The highest BCUT2D eigenvalue weighted by atomic mass is 16.5. The predicted octanol–water partition coefficient (Wildman–Crippen LogP) is 2.97. The van der Waals surface area contributed by atoms with Gasteiger partial charge >= 0.3 is 0 Å². The minimum absolute atomic E-state index is 0.488. The molecule has 0 aliphatic carbocycles. The van der Waals surface area contributed by atoms with Gasteiger partial charge in [-0.1, -0.05) is 17.3 Å². The Hall–Kier alpha value is -4.14. The summed E-state index contributed by atoms with van der Waals surface area (Å²) in [5.41, 5.74) is 3.87. The molecular formula is C20H16N8O. The van der Waals surface area contributed by atoms with Crippen molar-refractivity contribution < 1.29 is 4.74 Å². The fraction of sp³-hybridized carbons (Fsp3) is 0.100.